The summed E-state index contributed by atoms with van der Waals surface area (Å²) in [5, 5.41) is 4.31. The van der Waals surface area contributed by atoms with E-state index in [-0.39, 0.29) is 0 Å². The molecule has 1 unspecified atom stereocenters. The van der Waals surface area contributed by atoms with Gasteiger partial charge in [-0.1, -0.05) is 46.6 Å². The predicted octanol–water partition coefficient (Wildman–Crippen LogP) is 5.55. The van der Waals surface area contributed by atoms with Crippen LogP contribution in [0.15, 0.2) is 57.9 Å². The maximum atomic E-state index is 6.08. The molecule has 1 nitrogen and oxygen atoms in total. The van der Waals surface area contributed by atoms with Gasteiger partial charge in [-0.05, 0) is 48.5 Å². The quantitative estimate of drug-likeness (QED) is 0.669. The summed E-state index contributed by atoms with van der Waals surface area (Å²) in [6.07, 6.45) is 0. The summed E-state index contributed by atoms with van der Waals surface area (Å²) in [4.78, 5) is 1.28. The van der Waals surface area contributed by atoms with E-state index >= 15 is 0 Å². The van der Waals surface area contributed by atoms with Gasteiger partial charge in [0, 0.05) is 26.2 Å². The van der Waals surface area contributed by atoms with Crippen LogP contribution in [0.3, 0.4) is 0 Å². The minimum absolute atomic E-state index is 0.312. The molecule has 1 N–H and O–H groups in total. The van der Waals surface area contributed by atoms with Gasteiger partial charge in [-0.15, -0.1) is 11.8 Å². The highest BCUT2D eigenvalue weighted by Gasteiger charge is 2.11. The van der Waals surface area contributed by atoms with Crippen molar-refractivity contribution in [2.75, 3.05) is 12.3 Å². The molecule has 0 aliphatic rings. The van der Waals surface area contributed by atoms with Crippen LogP contribution in [0.4, 0.5) is 0 Å². The van der Waals surface area contributed by atoms with Crippen LogP contribution in [-0.4, -0.2) is 12.3 Å². The molecule has 0 heterocycles. The van der Waals surface area contributed by atoms with E-state index in [9.17, 15) is 0 Å². The van der Waals surface area contributed by atoms with Gasteiger partial charge in [0.25, 0.3) is 0 Å². The fraction of sp³-hybridized carbons (Fsp3) is 0.250. The molecular formula is C16H17BrClNS. The Morgan fingerprint density at radius 1 is 1.20 bits per heavy atom. The second-order valence-electron chi connectivity index (χ2n) is 4.43. The molecule has 2 rings (SSSR count). The van der Waals surface area contributed by atoms with Crippen LogP contribution < -0.4 is 5.32 Å². The third kappa shape index (κ3) is 4.81. The van der Waals surface area contributed by atoms with Gasteiger partial charge >= 0.3 is 0 Å². The Labute approximate surface area is 138 Å². The molecule has 0 aliphatic carbocycles. The molecule has 0 spiro atoms. The zero-order valence-corrected chi connectivity index (χ0v) is 14.4. The lowest BCUT2D eigenvalue weighted by atomic mass is 10.1. The van der Waals surface area contributed by atoms with Gasteiger partial charge in [0.05, 0.1) is 0 Å². The maximum Gasteiger partial charge on any atom is 0.0415 e. The Morgan fingerprint density at radius 3 is 2.60 bits per heavy atom. The van der Waals surface area contributed by atoms with E-state index in [0.717, 1.165) is 21.8 Å². The number of hydrogen-bond acceptors (Lipinski definition) is 2. The van der Waals surface area contributed by atoms with Crippen LogP contribution >= 0.6 is 39.3 Å². The number of rotatable bonds is 6. The molecule has 20 heavy (non-hydrogen) atoms. The molecular weight excluding hydrogens is 354 g/mol. The third-order valence-corrected chi connectivity index (χ3v) is 4.80. The lowest BCUT2D eigenvalue weighted by Crippen LogP contribution is -2.22. The first-order chi connectivity index (χ1) is 9.69. The monoisotopic (exact) mass is 369 g/mol. The summed E-state index contributed by atoms with van der Waals surface area (Å²) in [7, 11) is 0. The topological polar surface area (TPSA) is 12.0 Å². The van der Waals surface area contributed by atoms with Crippen LogP contribution in [0.1, 0.15) is 18.5 Å². The van der Waals surface area contributed by atoms with E-state index < -0.39 is 0 Å². The van der Waals surface area contributed by atoms with E-state index in [1.807, 2.05) is 30.0 Å². The molecule has 2 aromatic rings. The molecule has 0 amide bonds. The molecule has 106 valence electrons. The van der Waals surface area contributed by atoms with Crippen LogP contribution in [0.25, 0.3) is 0 Å². The van der Waals surface area contributed by atoms with Gasteiger partial charge in [0.2, 0.25) is 0 Å². The Hall–Kier alpha value is -0.480. The van der Waals surface area contributed by atoms with E-state index in [4.69, 9.17) is 11.6 Å². The zero-order chi connectivity index (χ0) is 14.4. The number of thioether (sulfide) groups is 1. The summed E-state index contributed by atoms with van der Waals surface area (Å²) in [6.45, 7) is 3.07. The van der Waals surface area contributed by atoms with Gasteiger partial charge in [-0.25, -0.2) is 0 Å². The largest absolute Gasteiger partial charge is 0.309 e. The second-order valence-corrected chi connectivity index (χ2v) is 6.88. The summed E-state index contributed by atoms with van der Waals surface area (Å²) in [5.41, 5.74) is 1.24. The van der Waals surface area contributed by atoms with Crippen molar-refractivity contribution < 1.29 is 0 Å². The fourth-order valence-electron chi connectivity index (χ4n) is 1.95. The van der Waals surface area contributed by atoms with Crippen molar-refractivity contribution in [2.24, 2.45) is 0 Å². The molecule has 0 bridgehead atoms. The van der Waals surface area contributed by atoms with Gasteiger partial charge < -0.3 is 5.32 Å². The standard InChI is InChI=1S/C16H17BrClNS/c1-2-19-16(12-4-3-5-14(18)10-12)11-20-15-8-6-13(17)7-9-15/h3-10,16,19H,2,11H2,1H3. The van der Waals surface area contributed by atoms with Crippen LogP contribution in [0.2, 0.25) is 5.02 Å². The fourth-order valence-corrected chi connectivity index (χ4v) is 3.41. The molecule has 0 saturated carbocycles. The van der Waals surface area contributed by atoms with Crippen molar-refractivity contribution in [3.63, 3.8) is 0 Å². The lowest BCUT2D eigenvalue weighted by Gasteiger charge is -2.18. The van der Waals surface area contributed by atoms with E-state index in [1.165, 1.54) is 10.5 Å². The Balaban J connectivity index is 2.04. The second kappa shape index (κ2) is 8.08. The van der Waals surface area contributed by atoms with Crippen molar-refractivity contribution in [1.29, 1.82) is 0 Å². The maximum absolute atomic E-state index is 6.08. The first-order valence-electron chi connectivity index (χ1n) is 6.56. The summed E-state index contributed by atoms with van der Waals surface area (Å²) in [6, 6.07) is 16.8. The van der Waals surface area contributed by atoms with Crippen LogP contribution in [-0.2, 0) is 0 Å². The van der Waals surface area contributed by atoms with Crippen LogP contribution in [0, 0.1) is 0 Å². The average Bonchev–Trinajstić information content (AvgIpc) is 2.45. The Bertz CT molecular complexity index is 544. The van der Waals surface area contributed by atoms with E-state index in [1.54, 1.807) is 0 Å². The smallest absolute Gasteiger partial charge is 0.0415 e. The van der Waals surface area contributed by atoms with Gasteiger partial charge in [0.1, 0.15) is 0 Å². The van der Waals surface area contributed by atoms with Crippen molar-refractivity contribution in [3.05, 3.63) is 63.6 Å². The van der Waals surface area contributed by atoms with Gasteiger partial charge in [-0.3, -0.25) is 0 Å². The molecule has 0 fully saturated rings. The average molecular weight is 371 g/mol. The van der Waals surface area contributed by atoms with Gasteiger partial charge in [-0.2, -0.15) is 0 Å². The lowest BCUT2D eigenvalue weighted by molar-refractivity contribution is 0.606. The van der Waals surface area contributed by atoms with Crippen LogP contribution in [0.5, 0.6) is 0 Å². The van der Waals surface area contributed by atoms with Crippen molar-refractivity contribution in [2.45, 2.75) is 17.9 Å². The molecule has 4 heteroatoms. The molecule has 0 aromatic heterocycles. The normalized spacial score (nSPS) is 12.3. The highest BCUT2D eigenvalue weighted by Crippen LogP contribution is 2.27. The third-order valence-electron chi connectivity index (χ3n) is 2.93. The SMILES string of the molecule is CCNC(CSc1ccc(Br)cc1)c1cccc(Cl)c1. The number of benzene rings is 2. The highest BCUT2D eigenvalue weighted by atomic mass is 79.9. The van der Waals surface area contributed by atoms with E-state index in [2.05, 4.69) is 58.5 Å². The summed E-state index contributed by atoms with van der Waals surface area (Å²) < 4.78 is 1.11. The molecule has 0 aliphatic heterocycles. The number of hydrogen-bond donors (Lipinski definition) is 1. The summed E-state index contributed by atoms with van der Waals surface area (Å²) in [5.74, 6) is 0.982. The minimum atomic E-state index is 0.312. The first kappa shape index (κ1) is 15.9. The van der Waals surface area contributed by atoms with E-state index in [0.29, 0.717) is 6.04 Å². The van der Waals surface area contributed by atoms with Crippen molar-refractivity contribution in [3.8, 4) is 0 Å². The van der Waals surface area contributed by atoms with Gasteiger partial charge in [0.15, 0.2) is 0 Å². The molecule has 0 saturated heterocycles. The first-order valence-corrected chi connectivity index (χ1v) is 8.72. The molecule has 1 atom stereocenters. The number of halogens is 2. The predicted molar refractivity (Wildman–Crippen MR) is 92.7 cm³/mol. The molecule has 2 aromatic carbocycles. The minimum Gasteiger partial charge on any atom is -0.309 e. The highest BCUT2D eigenvalue weighted by molar-refractivity contribution is 9.10. The van der Waals surface area contributed by atoms with Crippen molar-refractivity contribution in [1.82, 2.24) is 5.32 Å². The Kier molecular flexibility index (Phi) is 6.43. The molecule has 0 radical (unpaired) electrons. The Morgan fingerprint density at radius 2 is 1.95 bits per heavy atom. The van der Waals surface area contributed by atoms with Crippen molar-refractivity contribution >= 4 is 39.3 Å². The number of nitrogens with one attached hydrogen (secondary N) is 1. The zero-order valence-electron chi connectivity index (χ0n) is 11.3. The summed E-state index contributed by atoms with van der Waals surface area (Å²) >= 11 is 11.4.